The summed E-state index contributed by atoms with van der Waals surface area (Å²) in [7, 11) is 2.04. The Bertz CT molecular complexity index is 1290. The highest BCUT2D eigenvalue weighted by Gasteiger charge is 2.55. The highest BCUT2D eigenvalue weighted by atomic mass is 32.2. The summed E-state index contributed by atoms with van der Waals surface area (Å²) in [5, 5.41) is 13.4. The lowest BCUT2D eigenvalue weighted by Gasteiger charge is -2.51. The normalized spacial score (nSPS) is 21.2. The van der Waals surface area contributed by atoms with E-state index in [9.17, 15) is 24.5 Å². The molecule has 0 aliphatic carbocycles. The number of amides is 2. The molecule has 3 aliphatic heterocycles. The van der Waals surface area contributed by atoms with Gasteiger partial charge in [-0.3, -0.25) is 24.6 Å². The van der Waals surface area contributed by atoms with E-state index in [1.54, 1.807) is 0 Å². The van der Waals surface area contributed by atoms with Crippen molar-refractivity contribution in [2.45, 2.75) is 24.4 Å². The Labute approximate surface area is 229 Å². The minimum Gasteiger partial charge on any atom is -0.456 e. The van der Waals surface area contributed by atoms with E-state index in [0.717, 1.165) is 37.4 Å². The number of hydrogen-bond donors (Lipinski definition) is 1. The average Bonchev–Trinajstić information content (AvgIpc) is 2.95. The summed E-state index contributed by atoms with van der Waals surface area (Å²) < 4.78 is 5.61. The molecule has 0 radical (unpaired) electrons. The first-order chi connectivity index (χ1) is 18.8. The number of carbonyl (C=O) groups excluding carboxylic acids is 3. The number of benzene rings is 2. The molecule has 2 atom stereocenters. The minimum absolute atomic E-state index is 0.0520. The topological polar surface area (TPSA) is 125 Å². The summed E-state index contributed by atoms with van der Waals surface area (Å²) in [5.41, 5.74) is 2.36. The van der Waals surface area contributed by atoms with Crippen LogP contribution in [0.5, 0.6) is 0 Å². The number of ether oxygens (including phenoxy) is 1. The molecule has 2 saturated heterocycles. The van der Waals surface area contributed by atoms with Gasteiger partial charge in [-0.2, -0.15) is 0 Å². The number of piperazine rings is 1. The standard InChI is InChI=1S/C27H29N5O6S/c1-29-11-13-30(14-12-29)21-17-39-26-23(28-22(33)15-18-5-3-2-4-6-18)25(34)31(26)24(21)27(35)38-16-19-7-9-20(10-8-19)32(36)37/h2-10,23,26H,11-17H2,1H3,(H,28,33)/t23?,26-/m0/s1. The number of rotatable bonds is 8. The second-order valence-corrected chi connectivity index (χ2v) is 10.8. The summed E-state index contributed by atoms with van der Waals surface area (Å²) in [4.78, 5) is 55.7. The second-order valence-electron chi connectivity index (χ2n) is 9.70. The third-order valence-electron chi connectivity index (χ3n) is 7.07. The Morgan fingerprint density at radius 2 is 1.74 bits per heavy atom. The molecule has 2 aromatic rings. The third kappa shape index (κ3) is 5.76. The van der Waals surface area contributed by atoms with Crippen LogP contribution in [0.4, 0.5) is 5.69 Å². The number of nitrogens with one attached hydrogen (secondary N) is 1. The molecule has 0 spiro atoms. The predicted molar refractivity (Wildman–Crippen MR) is 144 cm³/mol. The molecule has 2 aromatic carbocycles. The number of carbonyl (C=O) groups is 3. The van der Waals surface area contributed by atoms with Crippen LogP contribution in [-0.2, 0) is 32.1 Å². The fourth-order valence-corrected chi connectivity index (χ4v) is 6.23. The molecule has 0 bridgehead atoms. The van der Waals surface area contributed by atoms with Crippen molar-refractivity contribution in [1.29, 1.82) is 0 Å². The van der Waals surface area contributed by atoms with Crippen LogP contribution in [0, 0.1) is 10.1 Å². The van der Waals surface area contributed by atoms with Crippen molar-refractivity contribution in [3.05, 3.63) is 87.2 Å². The van der Waals surface area contributed by atoms with Gasteiger partial charge in [-0.15, -0.1) is 11.8 Å². The zero-order chi connectivity index (χ0) is 27.5. The highest BCUT2D eigenvalue weighted by molar-refractivity contribution is 8.00. The van der Waals surface area contributed by atoms with Gasteiger partial charge >= 0.3 is 5.97 Å². The van der Waals surface area contributed by atoms with E-state index >= 15 is 0 Å². The number of β-lactam (4-membered cyclic amide) rings is 1. The van der Waals surface area contributed by atoms with E-state index in [2.05, 4.69) is 15.1 Å². The van der Waals surface area contributed by atoms with E-state index in [-0.39, 0.29) is 36.2 Å². The Morgan fingerprint density at radius 3 is 2.41 bits per heavy atom. The zero-order valence-electron chi connectivity index (χ0n) is 21.4. The average molecular weight is 552 g/mol. The van der Waals surface area contributed by atoms with E-state index in [0.29, 0.717) is 11.3 Å². The smallest absolute Gasteiger partial charge is 0.357 e. The summed E-state index contributed by atoms with van der Waals surface area (Å²) in [6, 6.07) is 14.4. The zero-order valence-corrected chi connectivity index (χ0v) is 22.3. The van der Waals surface area contributed by atoms with Gasteiger partial charge in [0, 0.05) is 44.1 Å². The van der Waals surface area contributed by atoms with Gasteiger partial charge in [-0.05, 0) is 30.3 Å². The maximum Gasteiger partial charge on any atom is 0.357 e. The number of hydrogen-bond acceptors (Lipinski definition) is 9. The Hall–Kier alpha value is -3.90. The molecule has 0 saturated carbocycles. The van der Waals surface area contributed by atoms with Crippen molar-refractivity contribution in [1.82, 2.24) is 20.0 Å². The lowest BCUT2D eigenvalue weighted by Crippen LogP contribution is -2.71. The number of likely N-dealkylation sites (N-methyl/N-ethyl adjacent to an activating group) is 1. The number of fused-ring (bicyclic) bond motifs is 1. The van der Waals surface area contributed by atoms with Crippen molar-refractivity contribution in [2.75, 3.05) is 39.0 Å². The number of nitro groups is 1. The monoisotopic (exact) mass is 551 g/mol. The van der Waals surface area contributed by atoms with Crippen molar-refractivity contribution in [2.24, 2.45) is 0 Å². The van der Waals surface area contributed by atoms with Gasteiger partial charge in [-0.1, -0.05) is 30.3 Å². The van der Waals surface area contributed by atoms with Crippen LogP contribution in [0.15, 0.2) is 66.0 Å². The largest absolute Gasteiger partial charge is 0.456 e. The molecule has 12 heteroatoms. The predicted octanol–water partition coefficient (Wildman–Crippen LogP) is 1.74. The fourth-order valence-electron chi connectivity index (χ4n) is 4.85. The maximum atomic E-state index is 13.5. The molecule has 5 rings (SSSR count). The summed E-state index contributed by atoms with van der Waals surface area (Å²) in [6.45, 7) is 3.00. The first-order valence-electron chi connectivity index (χ1n) is 12.7. The van der Waals surface area contributed by atoms with E-state index in [1.165, 1.54) is 40.9 Å². The van der Waals surface area contributed by atoms with Crippen LogP contribution in [0.25, 0.3) is 0 Å². The lowest BCUT2D eigenvalue weighted by molar-refractivity contribution is -0.384. The quantitative estimate of drug-likeness (QED) is 0.226. The SMILES string of the molecule is CN1CCN(C2=C(C(=O)OCc3ccc([N+](=O)[O-])cc3)N3C(=O)C(NC(=O)Cc4ccccc4)[C@@H]3SC2)CC1. The number of thioether (sulfide) groups is 1. The van der Waals surface area contributed by atoms with Gasteiger partial charge in [-0.25, -0.2) is 4.79 Å². The van der Waals surface area contributed by atoms with Crippen LogP contribution in [-0.4, -0.2) is 87.8 Å². The van der Waals surface area contributed by atoms with Crippen LogP contribution in [0.3, 0.4) is 0 Å². The van der Waals surface area contributed by atoms with Crippen molar-refractivity contribution in [3.63, 3.8) is 0 Å². The first kappa shape index (κ1) is 26.7. The molecule has 3 aliphatic rings. The molecule has 11 nitrogen and oxygen atoms in total. The van der Waals surface area contributed by atoms with Crippen LogP contribution < -0.4 is 5.32 Å². The molecule has 3 heterocycles. The van der Waals surface area contributed by atoms with E-state index < -0.39 is 22.3 Å². The number of esters is 1. The van der Waals surface area contributed by atoms with Gasteiger partial charge in [0.1, 0.15) is 18.0 Å². The summed E-state index contributed by atoms with van der Waals surface area (Å²) in [6.07, 6.45) is 0.161. The Kier molecular flexibility index (Phi) is 7.84. The summed E-state index contributed by atoms with van der Waals surface area (Å²) in [5.74, 6) is -0.723. The van der Waals surface area contributed by atoms with Crippen molar-refractivity contribution < 1.29 is 24.0 Å². The van der Waals surface area contributed by atoms with Gasteiger partial charge in [0.05, 0.1) is 17.0 Å². The molecule has 0 aromatic heterocycles. The van der Waals surface area contributed by atoms with Crippen molar-refractivity contribution >= 4 is 35.2 Å². The molecule has 2 fully saturated rings. The lowest BCUT2D eigenvalue weighted by atomic mass is 10.0. The molecule has 1 unspecified atom stereocenters. The highest BCUT2D eigenvalue weighted by Crippen LogP contribution is 2.41. The van der Waals surface area contributed by atoms with Gasteiger partial charge < -0.3 is 19.9 Å². The third-order valence-corrected chi connectivity index (χ3v) is 8.33. The summed E-state index contributed by atoms with van der Waals surface area (Å²) >= 11 is 1.52. The Balaban J connectivity index is 1.32. The van der Waals surface area contributed by atoms with Gasteiger partial charge in [0.25, 0.3) is 11.6 Å². The maximum absolute atomic E-state index is 13.5. The van der Waals surface area contributed by atoms with Gasteiger partial charge in [0.15, 0.2) is 5.70 Å². The number of non-ortho nitro benzene ring substituents is 1. The van der Waals surface area contributed by atoms with Crippen LogP contribution >= 0.6 is 11.8 Å². The first-order valence-corrected chi connectivity index (χ1v) is 13.7. The number of nitro benzene ring substituents is 1. The number of nitrogens with zero attached hydrogens (tertiary/aromatic N) is 4. The van der Waals surface area contributed by atoms with Gasteiger partial charge in [0.2, 0.25) is 5.91 Å². The second kappa shape index (κ2) is 11.5. The van der Waals surface area contributed by atoms with Crippen LogP contribution in [0.1, 0.15) is 11.1 Å². The molecular formula is C27H29N5O6S. The molecule has 2 amide bonds. The van der Waals surface area contributed by atoms with E-state index in [1.807, 2.05) is 37.4 Å². The van der Waals surface area contributed by atoms with Crippen LogP contribution in [0.2, 0.25) is 0 Å². The van der Waals surface area contributed by atoms with E-state index in [4.69, 9.17) is 4.74 Å². The molecule has 204 valence electrons. The van der Waals surface area contributed by atoms with Crippen molar-refractivity contribution in [3.8, 4) is 0 Å². The minimum atomic E-state index is -0.724. The molecular weight excluding hydrogens is 522 g/mol. The molecule has 39 heavy (non-hydrogen) atoms. The fraction of sp³-hybridized carbons (Fsp3) is 0.370. The molecule has 1 N–H and O–H groups in total. The Morgan fingerprint density at radius 1 is 1.05 bits per heavy atom.